The molecule has 0 saturated carbocycles. The zero-order valence-corrected chi connectivity index (χ0v) is 23.5. The van der Waals surface area contributed by atoms with Gasteiger partial charge in [-0.25, -0.2) is 14.2 Å². The van der Waals surface area contributed by atoms with Crippen LogP contribution < -0.4 is 21.2 Å². The number of nitrogen functional groups attached to an aromatic ring is 1. The van der Waals surface area contributed by atoms with E-state index in [9.17, 15) is 13.8 Å². The van der Waals surface area contributed by atoms with Gasteiger partial charge in [0.15, 0.2) is 11.1 Å². The number of aromatic nitrogens is 2. The van der Waals surface area contributed by atoms with Gasteiger partial charge < -0.3 is 15.5 Å². The highest BCUT2D eigenvalue weighted by molar-refractivity contribution is 7.82. The first-order valence-electron chi connectivity index (χ1n) is 11.8. The molecule has 0 fully saturated rings. The molecule has 3 heterocycles. The number of carbonyl (C=O) groups is 1. The molecule has 3 aromatic heterocycles. The lowest BCUT2D eigenvalue weighted by Gasteiger charge is -2.20. The van der Waals surface area contributed by atoms with Crippen LogP contribution in [0.3, 0.4) is 0 Å². The van der Waals surface area contributed by atoms with Crippen LogP contribution in [-0.2, 0) is 11.0 Å². The van der Waals surface area contributed by atoms with Crippen LogP contribution in [0.4, 0.5) is 11.5 Å². The van der Waals surface area contributed by atoms with Crippen LogP contribution in [0, 0.1) is 13.8 Å². The second-order valence-corrected chi connectivity index (χ2v) is 10.5. The van der Waals surface area contributed by atoms with Gasteiger partial charge in [0.1, 0.15) is 33.3 Å². The van der Waals surface area contributed by atoms with Gasteiger partial charge in [0, 0.05) is 48.0 Å². The van der Waals surface area contributed by atoms with E-state index in [0.717, 1.165) is 5.56 Å². The molecule has 4 N–H and O–H groups in total. The number of aliphatic imine (C=N–C) groups is 1. The van der Waals surface area contributed by atoms with Crippen molar-refractivity contribution in [2.24, 2.45) is 4.99 Å². The van der Waals surface area contributed by atoms with Gasteiger partial charge in [-0.15, -0.1) is 0 Å². The molecule has 202 valence electrons. The Morgan fingerprint density at radius 1 is 1.26 bits per heavy atom. The Morgan fingerprint density at radius 2 is 2.00 bits per heavy atom. The fourth-order valence-electron chi connectivity index (χ4n) is 4.24. The zero-order chi connectivity index (χ0) is 28.4. The number of hydrogen-bond donors (Lipinski definition) is 3. The molecule has 4 aromatic rings. The van der Waals surface area contributed by atoms with Gasteiger partial charge in [-0.3, -0.25) is 19.3 Å². The summed E-state index contributed by atoms with van der Waals surface area (Å²) >= 11 is 6.03. The average molecular weight is 567 g/mol. The maximum Gasteiger partial charge on any atom is 0.283 e. The van der Waals surface area contributed by atoms with Crippen LogP contribution in [0.25, 0.3) is 22.3 Å². The molecule has 10 nitrogen and oxygen atoms in total. The van der Waals surface area contributed by atoms with Crippen LogP contribution in [0.5, 0.6) is 0 Å². The molecular weight excluding hydrogens is 540 g/mol. The maximum absolute atomic E-state index is 13.5. The largest absolute Gasteiger partial charge is 0.455 e. The van der Waals surface area contributed by atoms with Crippen molar-refractivity contribution in [1.82, 2.24) is 14.7 Å². The Labute approximate surface area is 232 Å². The van der Waals surface area contributed by atoms with Gasteiger partial charge in [0.25, 0.3) is 5.91 Å². The van der Waals surface area contributed by atoms with E-state index >= 15 is 0 Å². The standard InChI is InChI=1S/C27H27ClN6O4S/c1-13-8-18(15(3)32-20-6-7-21(28)33-22(20)27(36)34-39(5)37)25-19(9-13)23(35)14(2)24(38-25)16-10-17(11-30-4)26(29)31-12-16/h6-12,15,32H,1-5H3,(H2,29,31)(H,34,36). The average Bonchev–Trinajstić information content (AvgIpc) is 2.88. The maximum atomic E-state index is 13.5. The third-order valence-corrected chi connectivity index (χ3v) is 6.71. The number of benzene rings is 1. The number of pyridine rings is 2. The van der Waals surface area contributed by atoms with E-state index in [-0.39, 0.29) is 16.3 Å². The van der Waals surface area contributed by atoms with Crippen LogP contribution in [0.15, 0.2) is 50.7 Å². The van der Waals surface area contributed by atoms with E-state index in [0.29, 0.717) is 50.5 Å². The van der Waals surface area contributed by atoms with Gasteiger partial charge in [-0.1, -0.05) is 17.7 Å². The Morgan fingerprint density at radius 3 is 2.69 bits per heavy atom. The van der Waals surface area contributed by atoms with Crippen molar-refractivity contribution in [3.8, 4) is 11.3 Å². The first kappa shape index (κ1) is 27.9. The molecule has 39 heavy (non-hydrogen) atoms. The molecule has 1 aromatic carbocycles. The van der Waals surface area contributed by atoms with Crippen LogP contribution in [-0.4, -0.2) is 39.6 Å². The number of nitrogens with two attached hydrogens (primary N) is 1. The highest BCUT2D eigenvalue weighted by Gasteiger charge is 2.22. The van der Waals surface area contributed by atoms with Crippen LogP contribution in [0.2, 0.25) is 5.15 Å². The second-order valence-electron chi connectivity index (χ2n) is 8.98. The van der Waals surface area contributed by atoms with E-state index in [1.54, 1.807) is 44.6 Å². The lowest BCUT2D eigenvalue weighted by atomic mass is 9.98. The molecule has 0 bridgehead atoms. The van der Waals surface area contributed by atoms with Crippen molar-refractivity contribution in [1.29, 1.82) is 0 Å². The van der Waals surface area contributed by atoms with E-state index in [1.807, 2.05) is 19.9 Å². The molecular formula is C27H27ClN6O4S. The Balaban J connectivity index is 1.86. The van der Waals surface area contributed by atoms with E-state index in [4.69, 9.17) is 21.8 Å². The van der Waals surface area contributed by atoms with Gasteiger partial charge in [-0.2, -0.15) is 0 Å². The number of anilines is 2. The summed E-state index contributed by atoms with van der Waals surface area (Å²) in [7, 11) is 0.0352. The van der Waals surface area contributed by atoms with Gasteiger partial charge in [0.2, 0.25) is 0 Å². The molecule has 12 heteroatoms. The van der Waals surface area contributed by atoms with E-state index in [1.165, 1.54) is 12.3 Å². The summed E-state index contributed by atoms with van der Waals surface area (Å²) in [5.74, 6) is 0.0261. The van der Waals surface area contributed by atoms with Crippen LogP contribution in [0.1, 0.15) is 45.7 Å². The molecule has 0 aliphatic heterocycles. The van der Waals surface area contributed by atoms with Gasteiger partial charge >= 0.3 is 0 Å². The van der Waals surface area contributed by atoms with Crippen molar-refractivity contribution in [3.05, 3.63) is 79.9 Å². The minimum Gasteiger partial charge on any atom is -0.455 e. The third kappa shape index (κ3) is 5.84. The molecule has 0 radical (unpaired) electrons. The first-order chi connectivity index (χ1) is 18.5. The molecule has 0 saturated heterocycles. The number of nitrogens with one attached hydrogen (secondary N) is 2. The summed E-state index contributed by atoms with van der Waals surface area (Å²) < 4.78 is 20.3. The Bertz CT molecular complexity index is 1720. The number of hydrogen-bond acceptors (Lipinski definition) is 9. The first-order valence-corrected chi connectivity index (χ1v) is 13.8. The fourth-order valence-corrected chi connectivity index (χ4v) is 4.74. The highest BCUT2D eigenvalue weighted by Crippen LogP contribution is 2.33. The molecule has 0 aliphatic rings. The quantitative estimate of drug-likeness (QED) is 0.220. The second kappa shape index (κ2) is 11.3. The predicted octanol–water partition coefficient (Wildman–Crippen LogP) is 4.35. The molecule has 0 spiro atoms. The number of carbonyl (C=O) groups excluding carboxylic acids is 1. The number of amides is 1. The highest BCUT2D eigenvalue weighted by atomic mass is 35.5. The third-order valence-electron chi connectivity index (χ3n) is 6.02. The summed E-state index contributed by atoms with van der Waals surface area (Å²) in [6.07, 6.45) is 4.48. The molecule has 4 rings (SSSR count). The lowest BCUT2D eigenvalue weighted by Crippen LogP contribution is -2.27. The minimum absolute atomic E-state index is 0.0161. The number of fused-ring (bicyclic) bond motifs is 1. The summed E-state index contributed by atoms with van der Waals surface area (Å²) in [6, 6.07) is 8.16. The van der Waals surface area contributed by atoms with Crippen molar-refractivity contribution in [2.75, 3.05) is 24.4 Å². The topological polar surface area (TPSA) is 153 Å². The molecule has 2 atom stereocenters. The molecule has 1 amide bonds. The van der Waals surface area contributed by atoms with Crippen molar-refractivity contribution >= 4 is 57.2 Å². The number of nitrogens with zero attached hydrogens (tertiary/aromatic N) is 3. The SMILES string of the molecule is CN=Cc1cc(-c2oc3c(C(C)Nc4ccc(Cl)nc4C(=O)NS(C)=O)cc(C)cc3c(=O)c2C)cnc1N. The summed E-state index contributed by atoms with van der Waals surface area (Å²) in [5, 5.41) is 3.80. The van der Waals surface area contributed by atoms with E-state index < -0.39 is 22.9 Å². The minimum atomic E-state index is -1.59. The normalized spacial score (nSPS) is 13.0. The smallest absolute Gasteiger partial charge is 0.283 e. The van der Waals surface area contributed by atoms with Crippen molar-refractivity contribution < 1.29 is 13.4 Å². The monoisotopic (exact) mass is 566 g/mol. The molecule has 2 unspecified atom stereocenters. The zero-order valence-electron chi connectivity index (χ0n) is 22.0. The molecule has 0 aliphatic carbocycles. The van der Waals surface area contributed by atoms with Gasteiger partial charge in [0.05, 0.1) is 17.1 Å². The Hall–Kier alpha value is -4.09. The van der Waals surface area contributed by atoms with Crippen LogP contribution >= 0.6 is 11.6 Å². The lowest BCUT2D eigenvalue weighted by molar-refractivity contribution is 0.0979. The summed E-state index contributed by atoms with van der Waals surface area (Å²) in [4.78, 5) is 38.5. The number of halogens is 1. The predicted molar refractivity (Wildman–Crippen MR) is 156 cm³/mol. The summed E-state index contributed by atoms with van der Waals surface area (Å²) in [5.41, 5.74) is 9.68. The van der Waals surface area contributed by atoms with Crippen molar-refractivity contribution in [2.45, 2.75) is 26.8 Å². The van der Waals surface area contributed by atoms with E-state index in [2.05, 4.69) is 25.0 Å². The Kier molecular flexibility index (Phi) is 8.12. The fraction of sp³-hybridized carbons (Fsp3) is 0.222. The van der Waals surface area contributed by atoms with Crippen molar-refractivity contribution in [3.63, 3.8) is 0 Å². The summed E-state index contributed by atoms with van der Waals surface area (Å²) in [6.45, 7) is 5.46. The number of aryl methyl sites for hydroxylation is 1. The van der Waals surface area contributed by atoms with Gasteiger partial charge in [-0.05, 0) is 50.6 Å². The number of rotatable bonds is 7.